The molecule has 0 amide bonds. The molecule has 1 aliphatic rings. The fourth-order valence-corrected chi connectivity index (χ4v) is 3.79. The van der Waals surface area contributed by atoms with Crippen LogP contribution in [0.4, 0.5) is 23.0 Å². The predicted octanol–water partition coefficient (Wildman–Crippen LogP) is 3.48. The highest BCUT2D eigenvalue weighted by atomic mass is 16.5. The second kappa shape index (κ2) is 9.99. The van der Waals surface area contributed by atoms with Gasteiger partial charge in [-0.1, -0.05) is 0 Å². The SMILES string of the molecule is COC(=O)c1cccnc1Nc1ccc(NC2CCN(c3ncccc3C(=O)OC)C2)cc1. The van der Waals surface area contributed by atoms with E-state index < -0.39 is 5.97 Å². The van der Waals surface area contributed by atoms with Crippen LogP contribution >= 0.6 is 0 Å². The molecule has 0 radical (unpaired) electrons. The molecule has 170 valence electrons. The molecule has 1 fully saturated rings. The normalized spacial score (nSPS) is 15.1. The third kappa shape index (κ3) is 5.03. The molecule has 2 aromatic heterocycles. The highest BCUT2D eigenvalue weighted by Gasteiger charge is 2.27. The van der Waals surface area contributed by atoms with Gasteiger partial charge in [0.2, 0.25) is 0 Å². The molecule has 3 aromatic rings. The van der Waals surface area contributed by atoms with Crippen LogP contribution in [0.1, 0.15) is 27.1 Å². The lowest BCUT2D eigenvalue weighted by molar-refractivity contribution is 0.0592. The maximum absolute atomic E-state index is 12.1. The first-order valence-electron chi connectivity index (χ1n) is 10.5. The summed E-state index contributed by atoms with van der Waals surface area (Å²) in [5, 5.41) is 6.69. The van der Waals surface area contributed by atoms with Gasteiger partial charge in [0.25, 0.3) is 0 Å². The van der Waals surface area contributed by atoms with Crippen molar-refractivity contribution in [3.05, 3.63) is 72.1 Å². The Hall–Kier alpha value is -4.14. The molecule has 2 N–H and O–H groups in total. The Balaban J connectivity index is 1.39. The molecule has 0 spiro atoms. The van der Waals surface area contributed by atoms with E-state index in [-0.39, 0.29) is 12.0 Å². The van der Waals surface area contributed by atoms with Crippen molar-refractivity contribution in [2.24, 2.45) is 0 Å². The summed E-state index contributed by atoms with van der Waals surface area (Å²) in [5.74, 6) is 0.247. The highest BCUT2D eigenvalue weighted by Crippen LogP contribution is 2.26. The van der Waals surface area contributed by atoms with Gasteiger partial charge >= 0.3 is 11.9 Å². The van der Waals surface area contributed by atoms with Gasteiger partial charge in [0.15, 0.2) is 0 Å². The third-order valence-electron chi connectivity index (χ3n) is 5.41. The number of nitrogens with zero attached hydrogens (tertiary/aromatic N) is 3. The van der Waals surface area contributed by atoms with Crippen molar-refractivity contribution in [1.29, 1.82) is 0 Å². The minimum atomic E-state index is -0.446. The number of hydrogen-bond acceptors (Lipinski definition) is 9. The van der Waals surface area contributed by atoms with Crippen LogP contribution in [0.25, 0.3) is 0 Å². The van der Waals surface area contributed by atoms with Crippen LogP contribution < -0.4 is 15.5 Å². The summed E-state index contributed by atoms with van der Waals surface area (Å²) in [6.45, 7) is 1.51. The lowest BCUT2D eigenvalue weighted by Crippen LogP contribution is -2.28. The van der Waals surface area contributed by atoms with Crippen LogP contribution in [0.5, 0.6) is 0 Å². The van der Waals surface area contributed by atoms with E-state index >= 15 is 0 Å². The molecule has 0 saturated carbocycles. The number of ether oxygens (including phenoxy) is 2. The lowest BCUT2D eigenvalue weighted by atomic mass is 10.2. The van der Waals surface area contributed by atoms with Crippen LogP contribution in [0, 0.1) is 0 Å². The van der Waals surface area contributed by atoms with Crippen molar-refractivity contribution < 1.29 is 19.1 Å². The molecular weight excluding hydrogens is 422 g/mol. The summed E-state index contributed by atoms with van der Waals surface area (Å²) in [6, 6.07) is 14.8. The van der Waals surface area contributed by atoms with E-state index in [2.05, 4.69) is 25.5 Å². The second-order valence-corrected chi connectivity index (χ2v) is 7.54. The Morgan fingerprint density at radius 2 is 1.55 bits per heavy atom. The Bertz CT molecular complexity index is 1140. The molecule has 0 bridgehead atoms. The largest absolute Gasteiger partial charge is 0.465 e. The number of anilines is 4. The molecule has 1 aromatic carbocycles. The molecule has 33 heavy (non-hydrogen) atoms. The topological polar surface area (TPSA) is 106 Å². The predicted molar refractivity (Wildman–Crippen MR) is 125 cm³/mol. The average molecular weight is 447 g/mol. The number of carbonyl (C=O) groups is 2. The van der Waals surface area contributed by atoms with E-state index in [0.29, 0.717) is 22.8 Å². The Kier molecular flexibility index (Phi) is 6.68. The summed E-state index contributed by atoms with van der Waals surface area (Å²) >= 11 is 0. The van der Waals surface area contributed by atoms with Crippen LogP contribution in [0.3, 0.4) is 0 Å². The number of carbonyl (C=O) groups excluding carboxylic acids is 2. The number of rotatable bonds is 7. The van der Waals surface area contributed by atoms with Gasteiger partial charge in [-0.05, 0) is 55.0 Å². The Morgan fingerprint density at radius 1 is 0.909 bits per heavy atom. The maximum atomic E-state index is 12.1. The third-order valence-corrected chi connectivity index (χ3v) is 5.41. The standard InChI is InChI=1S/C24H25N5O4/c1-32-23(30)19-5-3-12-25-21(19)28-17-9-7-16(8-10-17)27-18-11-14-29(15-18)22-20(24(31)33-2)6-4-13-26-22/h3-10,12-13,18,27H,11,14-15H2,1-2H3,(H,25,28). The first-order chi connectivity index (χ1) is 16.1. The van der Waals surface area contributed by atoms with Crippen molar-refractivity contribution in [3.8, 4) is 0 Å². The maximum Gasteiger partial charge on any atom is 0.341 e. The number of aromatic nitrogens is 2. The molecule has 9 heteroatoms. The minimum absolute atomic E-state index is 0.207. The zero-order valence-electron chi connectivity index (χ0n) is 18.4. The molecule has 3 heterocycles. The minimum Gasteiger partial charge on any atom is -0.465 e. The van der Waals surface area contributed by atoms with Gasteiger partial charge in [0.05, 0.1) is 14.2 Å². The van der Waals surface area contributed by atoms with Crippen molar-refractivity contribution in [2.45, 2.75) is 12.5 Å². The fourth-order valence-electron chi connectivity index (χ4n) is 3.79. The summed E-state index contributed by atoms with van der Waals surface area (Å²) < 4.78 is 9.69. The number of methoxy groups -OCH3 is 2. The zero-order chi connectivity index (χ0) is 23.2. The van der Waals surface area contributed by atoms with Gasteiger partial charge in [-0.3, -0.25) is 0 Å². The molecular formula is C24H25N5O4. The van der Waals surface area contributed by atoms with Crippen molar-refractivity contribution >= 4 is 34.9 Å². The van der Waals surface area contributed by atoms with E-state index in [4.69, 9.17) is 9.47 Å². The molecule has 9 nitrogen and oxygen atoms in total. The summed E-state index contributed by atoms with van der Waals surface area (Å²) in [4.78, 5) is 34.7. The van der Waals surface area contributed by atoms with Crippen molar-refractivity contribution in [3.63, 3.8) is 0 Å². The van der Waals surface area contributed by atoms with E-state index in [0.717, 1.165) is 30.9 Å². The molecule has 1 saturated heterocycles. The van der Waals surface area contributed by atoms with Gasteiger partial charge in [-0.15, -0.1) is 0 Å². The van der Waals surface area contributed by atoms with Crippen LogP contribution in [0.15, 0.2) is 60.9 Å². The van der Waals surface area contributed by atoms with Crippen LogP contribution in [0.2, 0.25) is 0 Å². The molecule has 1 aliphatic heterocycles. The van der Waals surface area contributed by atoms with Crippen LogP contribution in [-0.4, -0.2) is 55.3 Å². The van der Waals surface area contributed by atoms with Crippen molar-refractivity contribution in [1.82, 2.24) is 9.97 Å². The summed E-state index contributed by atoms with van der Waals surface area (Å²) in [5.41, 5.74) is 2.61. The monoisotopic (exact) mass is 447 g/mol. The van der Waals surface area contributed by atoms with Crippen molar-refractivity contribution in [2.75, 3.05) is 42.8 Å². The van der Waals surface area contributed by atoms with Gasteiger partial charge in [0.1, 0.15) is 22.8 Å². The van der Waals surface area contributed by atoms with Gasteiger partial charge in [0, 0.05) is 42.9 Å². The number of nitrogens with one attached hydrogen (secondary N) is 2. The number of benzene rings is 1. The van der Waals surface area contributed by atoms with E-state index in [9.17, 15) is 9.59 Å². The smallest absolute Gasteiger partial charge is 0.341 e. The summed E-state index contributed by atoms with van der Waals surface area (Å²) in [6.07, 6.45) is 4.21. The highest BCUT2D eigenvalue weighted by molar-refractivity contribution is 5.95. The molecule has 1 unspecified atom stereocenters. The van der Waals surface area contributed by atoms with Gasteiger partial charge < -0.3 is 25.0 Å². The molecule has 4 rings (SSSR count). The van der Waals surface area contributed by atoms with E-state index in [1.165, 1.54) is 14.2 Å². The second-order valence-electron chi connectivity index (χ2n) is 7.54. The number of hydrogen-bond donors (Lipinski definition) is 2. The fraction of sp³-hybridized carbons (Fsp3) is 0.250. The summed E-state index contributed by atoms with van der Waals surface area (Å²) in [7, 11) is 2.71. The van der Waals surface area contributed by atoms with Gasteiger partial charge in [-0.25, -0.2) is 19.6 Å². The van der Waals surface area contributed by atoms with Gasteiger partial charge in [-0.2, -0.15) is 0 Å². The average Bonchev–Trinajstić information content (AvgIpc) is 3.33. The quantitative estimate of drug-likeness (QED) is 0.527. The number of pyridine rings is 2. The number of esters is 2. The first-order valence-corrected chi connectivity index (χ1v) is 10.5. The molecule has 1 atom stereocenters. The van der Waals surface area contributed by atoms with Crippen LogP contribution in [-0.2, 0) is 9.47 Å². The molecule has 0 aliphatic carbocycles. The lowest BCUT2D eigenvalue weighted by Gasteiger charge is -2.20. The zero-order valence-corrected chi connectivity index (χ0v) is 18.4. The Labute approximate surface area is 191 Å². The Morgan fingerprint density at radius 3 is 2.27 bits per heavy atom. The first kappa shape index (κ1) is 22.1. The van der Waals surface area contributed by atoms with E-state index in [1.807, 2.05) is 24.3 Å². The van der Waals surface area contributed by atoms with E-state index in [1.54, 1.807) is 36.7 Å².